The van der Waals surface area contributed by atoms with Gasteiger partial charge in [-0.2, -0.15) is 0 Å². The van der Waals surface area contributed by atoms with E-state index in [2.05, 4.69) is 5.32 Å². The predicted octanol–water partition coefficient (Wildman–Crippen LogP) is 3.54. The number of rotatable bonds is 5. The summed E-state index contributed by atoms with van der Waals surface area (Å²) >= 11 is 0. The number of hydrogen-bond donors (Lipinski definition) is 1. The molecule has 0 fully saturated rings. The van der Waals surface area contributed by atoms with E-state index < -0.39 is 6.10 Å². The van der Waals surface area contributed by atoms with E-state index in [1.807, 2.05) is 61.5 Å². The van der Waals surface area contributed by atoms with Gasteiger partial charge in [-0.3, -0.25) is 4.79 Å². The Morgan fingerprint density at radius 2 is 1.75 bits per heavy atom. The van der Waals surface area contributed by atoms with Crippen LogP contribution in [0.4, 0.5) is 5.69 Å². The minimum atomic E-state index is -0.489. The SMILES string of the molecule is Cc1ccc(NC(=O)C(C)OCc2ccccc2)cc1. The molecular formula is C17H19NO2. The molecule has 20 heavy (non-hydrogen) atoms. The lowest BCUT2D eigenvalue weighted by Crippen LogP contribution is -2.27. The van der Waals surface area contributed by atoms with Gasteiger partial charge in [0.25, 0.3) is 5.91 Å². The predicted molar refractivity (Wildman–Crippen MR) is 80.5 cm³/mol. The summed E-state index contributed by atoms with van der Waals surface area (Å²) in [5.41, 5.74) is 3.01. The molecule has 3 heteroatoms. The Hall–Kier alpha value is -2.13. The molecule has 0 aliphatic heterocycles. The van der Waals surface area contributed by atoms with Gasteiger partial charge in [-0.25, -0.2) is 0 Å². The summed E-state index contributed by atoms with van der Waals surface area (Å²) < 4.78 is 5.57. The lowest BCUT2D eigenvalue weighted by Gasteiger charge is -2.13. The van der Waals surface area contributed by atoms with Gasteiger partial charge >= 0.3 is 0 Å². The van der Waals surface area contributed by atoms with Crippen molar-refractivity contribution >= 4 is 11.6 Å². The third-order valence-corrected chi connectivity index (χ3v) is 3.03. The maximum Gasteiger partial charge on any atom is 0.253 e. The van der Waals surface area contributed by atoms with Gasteiger partial charge in [-0.1, -0.05) is 48.0 Å². The Morgan fingerprint density at radius 3 is 2.40 bits per heavy atom. The highest BCUT2D eigenvalue weighted by molar-refractivity contribution is 5.93. The highest BCUT2D eigenvalue weighted by Crippen LogP contribution is 2.10. The number of carbonyl (C=O) groups excluding carboxylic acids is 1. The quantitative estimate of drug-likeness (QED) is 0.901. The molecule has 1 unspecified atom stereocenters. The molecule has 0 aliphatic rings. The van der Waals surface area contributed by atoms with E-state index in [9.17, 15) is 4.79 Å². The van der Waals surface area contributed by atoms with Crippen molar-refractivity contribution in [1.82, 2.24) is 0 Å². The number of hydrogen-bond acceptors (Lipinski definition) is 2. The van der Waals surface area contributed by atoms with Gasteiger partial charge in [-0.15, -0.1) is 0 Å². The first-order chi connectivity index (χ1) is 9.65. The van der Waals surface area contributed by atoms with Crippen LogP contribution in [0.1, 0.15) is 18.1 Å². The van der Waals surface area contributed by atoms with Crippen LogP contribution in [0.2, 0.25) is 0 Å². The molecule has 2 aromatic carbocycles. The van der Waals surface area contributed by atoms with Crippen molar-refractivity contribution in [2.75, 3.05) is 5.32 Å². The molecule has 3 nitrogen and oxygen atoms in total. The van der Waals surface area contributed by atoms with Crippen LogP contribution < -0.4 is 5.32 Å². The zero-order chi connectivity index (χ0) is 14.4. The molecule has 0 radical (unpaired) electrons. The van der Waals surface area contributed by atoms with E-state index in [1.54, 1.807) is 6.92 Å². The first kappa shape index (κ1) is 14.3. The van der Waals surface area contributed by atoms with Crippen LogP contribution in [0.5, 0.6) is 0 Å². The number of carbonyl (C=O) groups is 1. The van der Waals surface area contributed by atoms with Crippen molar-refractivity contribution < 1.29 is 9.53 Å². The highest BCUT2D eigenvalue weighted by Gasteiger charge is 2.13. The highest BCUT2D eigenvalue weighted by atomic mass is 16.5. The summed E-state index contributed by atoms with van der Waals surface area (Å²) in [5.74, 6) is -0.134. The number of nitrogens with one attached hydrogen (secondary N) is 1. The van der Waals surface area contributed by atoms with Gasteiger partial charge in [0.1, 0.15) is 6.10 Å². The molecule has 0 saturated carbocycles. The monoisotopic (exact) mass is 269 g/mol. The minimum Gasteiger partial charge on any atom is -0.364 e. The van der Waals surface area contributed by atoms with Crippen molar-refractivity contribution in [3.8, 4) is 0 Å². The zero-order valence-corrected chi connectivity index (χ0v) is 11.8. The third-order valence-electron chi connectivity index (χ3n) is 3.03. The molecule has 1 N–H and O–H groups in total. The second-order valence-electron chi connectivity index (χ2n) is 4.79. The van der Waals surface area contributed by atoms with Crippen LogP contribution in [0.25, 0.3) is 0 Å². The van der Waals surface area contributed by atoms with Gasteiger partial charge in [0.05, 0.1) is 6.61 Å². The van der Waals surface area contributed by atoms with Crippen molar-refractivity contribution in [2.24, 2.45) is 0 Å². The number of benzene rings is 2. The molecule has 0 saturated heterocycles. The van der Waals surface area contributed by atoms with Crippen molar-refractivity contribution in [3.05, 3.63) is 65.7 Å². The minimum absolute atomic E-state index is 0.134. The summed E-state index contributed by atoms with van der Waals surface area (Å²) in [6, 6.07) is 17.5. The van der Waals surface area contributed by atoms with Crippen LogP contribution in [0, 0.1) is 6.92 Å². The van der Waals surface area contributed by atoms with Gasteiger partial charge in [0, 0.05) is 5.69 Å². The van der Waals surface area contributed by atoms with Crippen LogP contribution in [0.15, 0.2) is 54.6 Å². The molecule has 0 spiro atoms. The fraction of sp³-hybridized carbons (Fsp3) is 0.235. The van der Waals surface area contributed by atoms with Crippen LogP contribution in [0.3, 0.4) is 0 Å². The molecule has 0 aliphatic carbocycles. The summed E-state index contributed by atoms with van der Waals surface area (Å²) in [6.07, 6.45) is -0.489. The van der Waals surface area contributed by atoms with Crippen molar-refractivity contribution in [1.29, 1.82) is 0 Å². The van der Waals surface area contributed by atoms with Crippen LogP contribution in [-0.4, -0.2) is 12.0 Å². The van der Waals surface area contributed by atoms with E-state index in [4.69, 9.17) is 4.74 Å². The fourth-order valence-corrected chi connectivity index (χ4v) is 1.75. The normalized spacial score (nSPS) is 11.9. The number of anilines is 1. The van der Waals surface area contributed by atoms with Gasteiger partial charge in [0.2, 0.25) is 0 Å². The van der Waals surface area contributed by atoms with E-state index in [1.165, 1.54) is 0 Å². The van der Waals surface area contributed by atoms with Crippen LogP contribution >= 0.6 is 0 Å². The third kappa shape index (κ3) is 4.21. The molecule has 0 heterocycles. The molecule has 1 atom stereocenters. The Labute approximate surface area is 119 Å². The topological polar surface area (TPSA) is 38.3 Å². The number of aryl methyl sites for hydroxylation is 1. The van der Waals surface area contributed by atoms with Crippen molar-refractivity contribution in [2.45, 2.75) is 26.6 Å². The maximum atomic E-state index is 12.0. The molecule has 104 valence electrons. The molecule has 2 rings (SSSR count). The smallest absolute Gasteiger partial charge is 0.253 e. The van der Waals surface area contributed by atoms with E-state index in [0.717, 1.165) is 16.8 Å². The lowest BCUT2D eigenvalue weighted by atomic mass is 10.2. The molecule has 1 amide bonds. The van der Waals surface area contributed by atoms with Crippen LogP contribution in [-0.2, 0) is 16.1 Å². The summed E-state index contributed by atoms with van der Waals surface area (Å²) in [4.78, 5) is 12.0. The van der Waals surface area contributed by atoms with E-state index in [0.29, 0.717) is 6.61 Å². The molecule has 0 aromatic heterocycles. The second kappa shape index (κ2) is 6.87. The van der Waals surface area contributed by atoms with Gasteiger partial charge in [-0.05, 0) is 31.5 Å². The lowest BCUT2D eigenvalue weighted by molar-refractivity contribution is -0.127. The zero-order valence-electron chi connectivity index (χ0n) is 11.8. The molecule has 0 bridgehead atoms. The summed E-state index contributed by atoms with van der Waals surface area (Å²) in [6.45, 7) is 4.20. The number of amides is 1. The summed E-state index contributed by atoms with van der Waals surface area (Å²) in [7, 11) is 0. The second-order valence-corrected chi connectivity index (χ2v) is 4.79. The first-order valence-electron chi connectivity index (χ1n) is 6.68. The Balaban J connectivity index is 1.84. The van der Waals surface area contributed by atoms with E-state index in [-0.39, 0.29) is 5.91 Å². The Kier molecular flexibility index (Phi) is 4.91. The maximum absolute atomic E-state index is 12.0. The van der Waals surface area contributed by atoms with Gasteiger partial charge in [0.15, 0.2) is 0 Å². The fourth-order valence-electron chi connectivity index (χ4n) is 1.75. The van der Waals surface area contributed by atoms with Gasteiger partial charge < -0.3 is 10.1 Å². The average molecular weight is 269 g/mol. The van der Waals surface area contributed by atoms with E-state index >= 15 is 0 Å². The standard InChI is InChI=1S/C17H19NO2/c1-13-8-10-16(11-9-13)18-17(19)14(2)20-12-15-6-4-3-5-7-15/h3-11,14H,12H2,1-2H3,(H,18,19). The molecule has 2 aromatic rings. The first-order valence-corrected chi connectivity index (χ1v) is 6.68. The average Bonchev–Trinajstić information content (AvgIpc) is 2.48. The Bertz CT molecular complexity index is 549. The Morgan fingerprint density at radius 1 is 1.10 bits per heavy atom. The summed E-state index contributed by atoms with van der Waals surface area (Å²) in [5, 5.41) is 2.84. The van der Waals surface area contributed by atoms with Crippen molar-refractivity contribution in [3.63, 3.8) is 0 Å². The number of ether oxygens (including phenoxy) is 1. The largest absolute Gasteiger partial charge is 0.364 e. The molecular weight excluding hydrogens is 250 g/mol.